The Labute approximate surface area is 114 Å². The molecule has 0 spiro atoms. The van der Waals surface area contributed by atoms with Crippen molar-refractivity contribution in [2.24, 2.45) is 0 Å². The first kappa shape index (κ1) is 12.2. The van der Waals surface area contributed by atoms with Crippen molar-refractivity contribution in [3.05, 3.63) is 53.5 Å². The molecule has 3 heteroatoms. The van der Waals surface area contributed by atoms with Crippen LogP contribution in [0.15, 0.2) is 36.7 Å². The van der Waals surface area contributed by atoms with Gasteiger partial charge in [-0.3, -0.25) is 0 Å². The van der Waals surface area contributed by atoms with Crippen molar-refractivity contribution >= 4 is 5.82 Å². The lowest BCUT2D eigenvalue weighted by atomic mass is 10.0. The van der Waals surface area contributed by atoms with Crippen LogP contribution in [0.5, 0.6) is 0 Å². The third-order valence-corrected chi connectivity index (χ3v) is 3.82. The van der Waals surface area contributed by atoms with Gasteiger partial charge in [0, 0.05) is 17.8 Å². The second kappa shape index (κ2) is 5.39. The van der Waals surface area contributed by atoms with Crippen LogP contribution in [0.1, 0.15) is 36.1 Å². The number of nitrogens with zero attached hydrogens (tertiary/aromatic N) is 2. The number of benzene rings is 1. The number of hydrogen-bond acceptors (Lipinski definition) is 3. The van der Waals surface area contributed by atoms with E-state index >= 15 is 0 Å². The summed E-state index contributed by atoms with van der Waals surface area (Å²) in [6, 6.07) is 10.6. The molecule has 1 atom stereocenters. The minimum absolute atomic E-state index is 0.480. The molecule has 0 amide bonds. The second-order valence-electron chi connectivity index (χ2n) is 5.19. The second-order valence-corrected chi connectivity index (χ2v) is 5.19. The highest BCUT2D eigenvalue weighted by Gasteiger charge is 2.17. The molecule has 19 heavy (non-hydrogen) atoms. The van der Waals surface area contributed by atoms with E-state index in [1.807, 2.05) is 0 Å². The van der Waals surface area contributed by atoms with Crippen molar-refractivity contribution in [2.45, 2.75) is 32.1 Å². The van der Waals surface area contributed by atoms with E-state index in [9.17, 15) is 0 Å². The molecular formula is C16H19N3. The van der Waals surface area contributed by atoms with Crippen molar-refractivity contribution in [1.82, 2.24) is 9.97 Å². The Morgan fingerprint density at radius 2 is 2.00 bits per heavy atom. The Morgan fingerprint density at radius 3 is 2.84 bits per heavy atom. The molecule has 0 fully saturated rings. The van der Waals surface area contributed by atoms with Crippen molar-refractivity contribution < 1.29 is 0 Å². The summed E-state index contributed by atoms with van der Waals surface area (Å²) in [6.45, 7) is 3.15. The lowest BCUT2D eigenvalue weighted by molar-refractivity contribution is 0.798. The normalized spacial score (nSPS) is 15.0. The van der Waals surface area contributed by atoms with Gasteiger partial charge in [-0.05, 0) is 30.7 Å². The first-order valence-corrected chi connectivity index (χ1v) is 6.96. The van der Waals surface area contributed by atoms with Crippen molar-refractivity contribution in [3.8, 4) is 0 Å². The van der Waals surface area contributed by atoms with Gasteiger partial charge in [0.05, 0.1) is 0 Å². The molecule has 1 unspecified atom stereocenters. The summed E-state index contributed by atoms with van der Waals surface area (Å²) in [4.78, 5) is 8.75. The zero-order chi connectivity index (χ0) is 13.1. The summed E-state index contributed by atoms with van der Waals surface area (Å²) in [5.74, 6) is 1.51. The summed E-state index contributed by atoms with van der Waals surface area (Å²) < 4.78 is 0. The van der Waals surface area contributed by atoms with Gasteiger partial charge in [-0.1, -0.05) is 37.3 Å². The van der Waals surface area contributed by atoms with Crippen LogP contribution >= 0.6 is 0 Å². The Hall–Kier alpha value is -1.90. The molecule has 0 saturated carbocycles. The van der Waals surface area contributed by atoms with Crippen molar-refractivity contribution in [2.75, 3.05) is 11.9 Å². The summed E-state index contributed by atoms with van der Waals surface area (Å²) in [5.41, 5.74) is 3.91. The lowest BCUT2D eigenvalue weighted by Gasteiger charge is -2.15. The minimum Gasteiger partial charge on any atom is -0.369 e. The van der Waals surface area contributed by atoms with E-state index in [1.54, 1.807) is 6.33 Å². The minimum atomic E-state index is 0.480. The van der Waals surface area contributed by atoms with E-state index in [-0.39, 0.29) is 0 Å². The van der Waals surface area contributed by atoms with Crippen molar-refractivity contribution in [3.63, 3.8) is 0 Å². The summed E-state index contributed by atoms with van der Waals surface area (Å²) in [6.07, 6.45) is 5.09. The fraction of sp³-hybridized carbons (Fsp3) is 0.375. The monoisotopic (exact) mass is 253 g/mol. The summed E-state index contributed by atoms with van der Waals surface area (Å²) in [5, 5.41) is 3.49. The average molecular weight is 253 g/mol. The van der Waals surface area contributed by atoms with E-state index < -0.39 is 0 Å². The van der Waals surface area contributed by atoms with Gasteiger partial charge >= 0.3 is 0 Å². The summed E-state index contributed by atoms with van der Waals surface area (Å²) in [7, 11) is 0. The highest BCUT2D eigenvalue weighted by molar-refractivity contribution is 5.48. The molecule has 2 aromatic rings. The topological polar surface area (TPSA) is 37.8 Å². The molecular weight excluding hydrogens is 234 g/mol. The maximum Gasteiger partial charge on any atom is 0.132 e. The molecule has 1 N–H and O–H groups in total. The molecule has 1 heterocycles. The van der Waals surface area contributed by atoms with E-state index in [4.69, 9.17) is 0 Å². The van der Waals surface area contributed by atoms with Crippen LogP contribution in [0.3, 0.4) is 0 Å². The number of rotatable bonds is 4. The SMILES string of the molecule is CC(CNc1ncnc2c1CCC2)c1ccccc1. The molecule has 0 aliphatic heterocycles. The Balaban J connectivity index is 1.69. The van der Waals surface area contributed by atoms with Crippen LogP contribution in [0.2, 0.25) is 0 Å². The molecule has 1 aliphatic carbocycles. The smallest absolute Gasteiger partial charge is 0.132 e. The molecule has 1 aromatic heterocycles. The molecule has 0 bridgehead atoms. The maximum absolute atomic E-state index is 4.39. The highest BCUT2D eigenvalue weighted by atomic mass is 15.0. The third-order valence-electron chi connectivity index (χ3n) is 3.82. The predicted octanol–water partition coefficient (Wildman–Crippen LogP) is 3.18. The van der Waals surface area contributed by atoms with Crippen LogP contribution in [0.25, 0.3) is 0 Å². The third kappa shape index (κ3) is 2.60. The van der Waals surface area contributed by atoms with E-state index in [2.05, 4.69) is 52.5 Å². The maximum atomic E-state index is 4.39. The van der Waals surface area contributed by atoms with Crippen LogP contribution in [0, 0.1) is 0 Å². The Morgan fingerprint density at radius 1 is 1.16 bits per heavy atom. The lowest BCUT2D eigenvalue weighted by Crippen LogP contribution is -2.12. The highest BCUT2D eigenvalue weighted by Crippen LogP contribution is 2.25. The number of aryl methyl sites for hydroxylation is 1. The van der Waals surface area contributed by atoms with E-state index in [0.717, 1.165) is 25.2 Å². The number of fused-ring (bicyclic) bond motifs is 1. The van der Waals surface area contributed by atoms with Crippen molar-refractivity contribution in [1.29, 1.82) is 0 Å². The first-order chi connectivity index (χ1) is 9.34. The van der Waals surface area contributed by atoms with E-state index in [1.165, 1.54) is 23.2 Å². The molecule has 98 valence electrons. The molecule has 0 saturated heterocycles. The number of anilines is 1. The standard InChI is InChI=1S/C16H19N3/c1-12(13-6-3-2-4-7-13)10-17-16-14-8-5-9-15(14)18-11-19-16/h2-4,6-7,11-12H,5,8-10H2,1H3,(H,17,18,19). The molecule has 3 rings (SSSR count). The molecule has 1 aliphatic rings. The number of nitrogens with one attached hydrogen (secondary N) is 1. The van der Waals surface area contributed by atoms with Gasteiger partial charge in [-0.2, -0.15) is 0 Å². The van der Waals surface area contributed by atoms with Gasteiger partial charge in [-0.15, -0.1) is 0 Å². The van der Waals surface area contributed by atoms with Crippen LogP contribution in [0.4, 0.5) is 5.82 Å². The Bertz CT molecular complexity index is 551. The first-order valence-electron chi connectivity index (χ1n) is 6.96. The van der Waals surface area contributed by atoms with Gasteiger partial charge in [0.2, 0.25) is 0 Å². The molecule has 1 aromatic carbocycles. The Kier molecular flexibility index (Phi) is 3.45. The number of aromatic nitrogens is 2. The molecule has 0 radical (unpaired) electrons. The quantitative estimate of drug-likeness (QED) is 0.909. The van der Waals surface area contributed by atoms with Gasteiger partial charge in [0.15, 0.2) is 0 Å². The van der Waals surface area contributed by atoms with Crippen LogP contribution in [-0.2, 0) is 12.8 Å². The van der Waals surface area contributed by atoms with Gasteiger partial charge in [0.25, 0.3) is 0 Å². The van der Waals surface area contributed by atoms with E-state index in [0.29, 0.717) is 5.92 Å². The van der Waals surface area contributed by atoms with Gasteiger partial charge in [-0.25, -0.2) is 9.97 Å². The average Bonchev–Trinajstić information content (AvgIpc) is 2.94. The van der Waals surface area contributed by atoms with Gasteiger partial charge in [0.1, 0.15) is 12.1 Å². The zero-order valence-corrected chi connectivity index (χ0v) is 11.3. The fourth-order valence-corrected chi connectivity index (χ4v) is 2.66. The van der Waals surface area contributed by atoms with Crippen LogP contribution in [-0.4, -0.2) is 16.5 Å². The molecule has 3 nitrogen and oxygen atoms in total. The predicted molar refractivity (Wildman–Crippen MR) is 77.4 cm³/mol. The number of hydrogen-bond donors (Lipinski definition) is 1. The largest absolute Gasteiger partial charge is 0.369 e. The van der Waals surface area contributed by atoms with Crippen LogP contribution < -0.4 is 5.32 Å². The fourth-order valence-electron chi connectivity index (χ4n) is 2.66. The zero-order valence-electron chi connectivity index (χ0n) is 11.3. The summed E-state index contributed by atoms with van der Waals surface area (Å²) >= 11 is 0. The van der Waals surface area contributed by atoms with Gasteiger partial charge < -0.3 is 5.32 Å².